The average Bonchev–Trinajstić information content (AvgIpc) is 2.91. The van der Waals surface area contributed by atoms with Gasteiger partial charge in [-0.2, -0.15) is 14.5 Å². The third kappa shape index (κ3) is 2.78. The van der Waals surface area contributed by atoms with Crippen molar-refractivity contribution in [3.8, 4) is 0 Å². The minimum atomic E-state index is -3.65. The molecule has 0 radical (unpaired) electrons. The van der Waals surface area contributed by atoms with Crippen LogP contribution in [0, 0.1) is 13.8 Å². The normalized spacial score (nSPS) is 12.3. The molecule has 0 saturated carbocycles. The lowest BCUT2D eigenvalue weighted by molar-refractivity contribution is 0.446. The van der Waals surface area contributed by atoms with Gasteiger partial charge in [-0.25, -0.2) is 8.42 Å². The minimum Gasteiger partial charge on any atom is -0.271 e. The molecule has 0 unspecified atom stereocenters. The van der Waals surface area contributed by atoms with Gasteiger partial charge in [0.2, 0.25) is 10.0 Å². The predicted molar refractivity (Wildman–Crippen MR) is 84.2 cm³/mol. The predicted octanol–water partition coefficient (Wildman–Crippen LogP) is 1.73. The topological polar surface area (TPSA) is 73.0 Å². The average molecular weight is 346 g/mol. The molecule has 0 atom stereocenters. The van der Waals surface area contributed by atoms with Crippen LogP contribution in [-0.2, 0) is 30.2 Å². The number of halogens is 1. The van der Waals surface area contributed by atoms with E-state index in [2.05, 4.69) is 10.2 Å². The van der Waals surface area contributed by atoms with Gasteiger partial charge in [0.05, 0.1) is 34.8 Å². The van der Waals surface area contributed by atoms with Crippen molar-refractivity contribution in [2.24, 2.45) is 7.05 Å². The smallest absolute Gasteiger partial charge is 0.246 e. The largest absolute Gasteiger partial charge is 0.271 e. The summed E-state index contributed by atoms with van der Waals surface area (Å²) in [4.78, 5) is 0.246. The molecule has 0 aliphatic heterocycles. The van der Waals surface area contributed by atoms with E-state index in [1.807, 2.05) is 6.92 Å². The van der Waals surface area contributed by atoms with Crippen LogP contribution in [0.5, 0.6) is 0 Å². The fourth-order valence-corrected chi connectivity index (χ4v) is 4.12. The fraction of sp³-hybridized carbons (Fsp3) is 0.538. The Balaban J connectivity index is 2.39. The molecule has 9 heteroatoms. The Morgan fingerprint density at radius 3 is 2.50 bits per heavy atom. The van der Waals surface area contributed by atoms with Crippen molar-refractivity contribution in [2.45, 2.75) is 38.8 Å². The van der Waals surface area contributed by atoms with Gasteiger partial charge in [-0.1, -0.05) is 11.6 Å². The first-order valence-corrected chi connectivity index (χ1v) is 8.68. The Labute approximate surface area is 135 Å². The molecule has 0 spiro atoms. The lowest BCUT2D eigenvalue weighted by Gasteiger charge is -2.18. The van der Waals surface area contributed by atoms with Crippen LogP contribution in [0.2, 0.25) is 5.02 Å². The summed E-state index contributed by atoms with van der Waals surface area (Å²) in [6.07, 6.45) is 1.53. The van der Waals surface area contributed by atoms with Crippen molar-refractivity contribution in [1.82, 2.24) is 23.9 Å². The lowest BCUT2D eigenvalue weighted by Crippen LogP contribution is -2.28. The van der Waals surface area contributed by atoms with Crippen molar-refractivity contribution < 1.29 is 8.42 Å². The molecule has 22 heavy (non-hydrogen) atoms. The maximum absolute atomic E-state index is 12.8. The summed E-state index contributed by atoms with van der Waals surface area (Å²) in [7, 11) is -0.388. The molecule has 2 rings (SSSR count). The van der Waals surface area contributed by atoms with Crippen LogP contribution in [0.15, 0.2) is 11.1 Å². The second kappa shape index (κ2) is 6.02. The summed E-state index contributed by atoms with van der Waals surface area (Å²) >= 11 is 6.11. The third-order valence-corrected chi connectivity index (χ3v) is 6.05. The Hall–Kier alpha value is -1.38. The Morgan fingerprint density at radius 2 is 2.00 bits per heavy atom. The molecule has 2 aromatic heterocycles. The summed E-state index contributed by atoms with van der Waals surface area (Å²) < 4.78 is 30.2. The first-order valence-electron chi connectivity index (χ1n) is 6.86. The van der Waals surface area contributed by atoms with E-state index in [9.17, 15) is 8.42 Å². The van der Waals surface area contributed by atoms with E-state index in [0.29, 0.717) is 28.6 Å². The Kier molecular flexibility index (Phi) is 4.65. The Morgan fingerprint density at radius 1 is 1.36 bits per heavy atom. The van der Waals surface area contributed by atoms with Gasteiger partial charge in [-0.3, -0.25) is 9.36 Å². The molecule has 0 aliphatic carbocycles. The van der Waals surface area contributed by atoms with Crippen LogP contribution in [-0.4, -0.2) is 39.3 Å². The molecule has 0 amide bonds. The van der Waals surface area contributed by atoms with Gasteiger partial charge in [0.1, 0.15) is 4.90 Å². The van der Waals surface area contributed by atoms with Gasteiger partial charge >= 0.3 is 0 Å². The second-order valence-electron chi connectivity index (χ2n) is 5.14. The lowest BCUT2D eigenvalue weighted by atomic mass is 10.4. The summed E-state index contributed by atoms with van der Waals surface area (Å²) in [6, 6.07) is 0. The van der Waals surface area contributed by atoms with Crippen molar-refractivity contribution in [2.75, 3.05) is 7.05 Å². The van der Waals surface area contributed by atoms with Crippen LogP contribution in [0.25, 0.3) is 0 Å². The second-order valence-corrected chi connectivity index (χ2v) is 7.53. The highest BCUT2D eigenvalue weighted by atomic mass is 35.5. The van der Waals surface area contributed by atoms with Crippen LogP contribution in [0.4, 0.5) is 0 Å². The van der Waals surface area contributed by atoms with E-state index in [1.165, 1.54) is 17.5 Å². The molecule has 0 aliphatic rings. The maximum atomic E-state index is 12.8. The van der Waals surface area contributed by atoms with Crippen LogP contribution >= 0.6 is 11.6 Å². The summed E-state index contributed by atoms with van der Waals surface area (Å²) in [5, 5.41) is 8.76. The van der Waals surface area contributed by atoms with E-state index in [-0.39, 0.29) is 11.4 Å². The molecule has 122 valence electrons. The highest BCUT2D eigenvalue weighted by molar-refractivity contribution is 7.89. The van der Waals surface area contributed by atoms with Gasteiger partial charge in [0.25, 0.3) is 0 Å². The van der Waals surface area contributed by atoms with Crippen molar-refractivity contribution in [3.63, 3.8) is 0 Å². The first kappa shape index (κ1) is 17.0. The molecule has 0 aromatic carbocycles. The molecule has 2 heterocycles. The zero-order chi connectivity index (χ0) is 16.7. The van der Waals surface area contributed by atoms with Crippen LogP contribution in [0.1, 0.15) is 24.0 Å². The highest BCUT2D eigenvalue weighted by Gasteiger charge is 2.29. The number of nitrogens with zero attached hydrogens (tertiary/aromatic N) is 5. The standard InChI is InChI=1S/C13H20ClN5O2S/c1-6-19-12(11(14)7-15-19)8-17(4)22(20,21)13-9(2)16-18(5)10(13)3/h7H,6,8H2,1-5H3. The van der Waals surface area contributed by atoms with Gasteiger partial charge < -0.3 is 0 Å². The number of sulfonamides is 1. The molecular weight excluding hydrogens is 326 g/mol. The summed E-state index contributed by atoms with van der Waals surface area (Å²) in [6.45, 7) is 6.14. The number of rotatable bonds is 5. The van der Waals surface area contributed by atoms with Crippen LogP contribution in [0.3, 0.4) is 0 Å². The van der Waals surface area contributed by atoms with Gasteiger partial charge in [-0.05, 0) is 20.8 Å². The summed E-state index contributed by atoms with van der Waals surface area (Å²) in [5.41, 5.74) is 1.77. The molecule has 0 N–H and O–H groups in total. The Bertz CT molecular complexity index is 794. The highest BCUT2D eigenvalue weighted by Crippen LogP contribution is 2.25. The van der Waals surface area contributed by atoms with Gasteiger partial charge in [0.15, 0.2) is 0 Å². The molecule has 7 nitrogen and oxygen atoms in total. The van der Waals surface area contributed by atoms with Crippen molar-refractivity contribution >= 4 is 21.6 Å². The summed E-state index contributed by atoms with van der Waals surface area (Å²) in [5.74, 6) is 0. The van der Waals surface area contributed by atoms with E-state index >= 15 is 0 Å². The number of hydrogen-bond donors (Lipinski definition) is 0. The van der Waals surface area contributed by atoms with E-state index in [4.69, 9.17) is 11.6 Å². The zero-order valence-electron chi connectivity index (χ0n) is 13.3. The monoisotopic (exact) mass is 345 g/mol. The minimum absolute atomic E-state index is 0.156. The van der Waals surface area contributed by atoms with Crippen LogP contribution < -0.4 is 0 Å². The van der Waals surface area contributed by atoms with Gasteiger partial charge in [-0.15, -0.1) is 0 Å². The number of hydrogen-bond acceptors (Lipinski definition) is 4. The maximum Gasteiger partial charge on any atom is 0.246 e. The number of aryl methyl sites for hydroxylation is 3. The molecule has 0 fully saturated rings. The van der Waals surface area contributed by atoms with Crippen molar-refractivity contribution in [3.05, 3.63) is 28.3 Å². The molecule has 2 aromatic rings. The van der Waals surface area contributed by atoms with Crippen molar-refractivity contribution in [1.29, 1.82) is 0 Å². The third-order valence-electron chi connectivity index (χ3n) is 3.68. The van der Waals surface area contributed by atoms with E-state index in [0.717, 1.165) is 0 Å². The first-order chi connectivity index (χ1) is 10.2. The van der Waals surface area contributed by atoms with E-state index < -0.39 is 10.0 Å². The number of aromatic nitrogens is 4. The zero-order valence-corrected chi connectivity index (χ0v) is 14.9. The van der Waals surface area contributed by atoms with E-state index in [1.54, 1.807) is 30.3 Å². The van der Waals surface area contributed by atoms with Gasteiger partial charge in [0, 0.05) is 20.6 Å². The molecule has 0 saturated heterocycles. The molecular formula is C13H20ClN5O2S. The fourth-order valence-electron chi connectivity index (χ4n) is 2.40. The quantitative estimate of drug-likeness (QED) is 0.827. The molecule has 0 bridgehead atoms. The SMILES string of the molecule is CCn1ncc(Cl)c1CN(C)S(=O)(=O)c1c(C)nn(C)c1C.